The highest BCUT2D eigenvalue weighted by molar-refractivity contribution is 5.95. The lowest BCUT2D eigenvalue weighted by atomic mass is 9.71. The van der Waals surface area contributed by atoms with E-state index in [-0.39, 0.29) is 17.4 Å². The molecule has 124 valence electrons. The average Bonchev–Trinajstić information content (AvgIpc) is 2.52. The molecular formula is C16H20N2O5. The largest absolute Gasteiger partial charge is 0.502 e. The maximum absolute atomic E-state index is 12.6. The Morgan fingerprint density at radius 3 is 2.83 bits per heavy atom. The molecule has 1 saturated carbocycles. The molecule has 1 aromatic rings. The quantitative estimate of drug-likeness (QED) is 0.641. The van der Waals surface area contributed by atoms with Crippen molar-refractivity contribution in [2.45, 2.75) is 37.7 Å². The molecule has 2 N–H and O–H groups in total. The zero-order chi connectivity index (χ0) is 16.6. The number of likely N-dealkylation sites (tertiary alicyclic amines) is 1. The molecule has 7 heteroatoms. The van der Waals surface area contributed by atoms with Gasteiger partial charge in [-0.15, -0.1) is 0 Å². The number of carbonyl (C=O) groups is 1. The molecule has 3 rings (SSSR count). The summed E-state index contributed by atoms with van der Waals surface area (Å²) in [5, 5.41) is 31.1. The lowest BCUT2D eigenvalue weighted by Crippen LogP contribution is -2.54. The Labute approximate surface area is 133 Å². The van der Waals surface area contributed by atoms with Crippen molar-refractivity contribution in [2.24, 2.45) is 5.92 Å². The van der Waals surface area contributed by atoms with Crippen LogP contribution in [0.1, 0.15) is 42.5 Å². The number of aromatic hydroxyl groups is 1. The summed E-state index contributed by atoms with van der Waals surface area (Å²) in [5.41, 5.74) is -0.844. The second kappa shape index (κ2) is 5.81. The SMILES string of the molecule is O=C(c1ccc([N+](=O)[O-])c(O)c1)N1CC[C@]2(O)CCCC[C@H]2C1. The number of piperidine rings is 1. The normalized spacial score (nSPS) is 27.3. The van der Waals surface area contributed by atoms with Crippen LogP contribution in [0.5, 0.6) is 5.75 Å². The Morgan fingerprint density at radius 1 is 1.35 bits per heavy atom. The first kappa shape index (κ1) is 15.7. The van der Waals surface area contributed by atoms with Crippen molar-refractivity contribution in [3.8, 4) is 5.75 Å². The predicted molar refractivity (Wildman–Crippen MR) is 82.2 cm³/mol. The summed E-state index contributed by atoms with van der Waals surface area (Å²) >= 11 is 0. The van der Waals surface area contributed by atoms with E-state index < -0.39 is 22.0 Å². The van der Waals surface area contributed by atoms with Crippen LogP contribution in [-0.4, -0.2) is 44.6 Å². The van der Waals surface area contributed by atoms with E-state index in [4.69, 9.17) is 0 Å². The van der Waals surface area contributed by atoms with Crippen LogP contribution < -0.4 is 0 Å². The van der Waals surface area contributed by atoms with Crippen LogP contribution in [0.4, 0.5) is 5.69 Å². The Balaban J connectivity index is 1.76. The zero-order valence-electron chi connectivity index (χ0n) is 12.8. The highest BCUT2D eigenvalue weighted by atomic mass is 16.6. The molecule has 2 fully saturated rings. The fourth-order valence-electron chi connectivity index (χ4n) is 3.75. The number of phenols is 1. The molecule has 1 aliphatic heterocycles. The first-order chi connectivity index (χ1) is 10.9. The summed E-state index contributed by atoms with van der Waals surface area (Å²) in [6.45, 7) is 0.955. The predicted octanol–water partition coefficient (Wildman–Crippen LogP) is 2.07. The third-order valence-corrected chi connectivity index (χ3v) is 5.13. The summed E-state index contributed by atoms with van der Waals surface area (Å²) in [4.78, 5) is 24.3. The van der Waals surface area contributed by atoms with Crippen LogP contribution in [0.3, 0.4) is 0 Å². The molecule has 0 aromatic heterocycles. The first-order valence-corrected chi connectivity index (χ1v) is 7.90. The van der Waals surface area contributed by atoms with E-state index in [0.29, 0.717) is 19.5 Å². The van der Waals surface area contributed by atoms with Crippen molar-refractivity contribution in [2.75, 3.05) is 13.1 Å². The number of aliphatic hydroxyl groups is 1. The minimum Gasteiger partial charge on any atom is -0.502 e. The third kappa shape index (κ3) is 2.88. The van der Waals surface area contributed by atoms with Gasteiger partial charge in [-0.3, -0.25) is 14.9 Å². The molecule has 1 aromatic carbocycles. The van der Waals surface area contributed by atoms with Crippen molar-refractivity contribution in [1.29, 1.82) is 0 Å². The van der Waals surface area contributed by atoms with E-state index in [2.05, 4.69) is 0 Å². The molecule has 2 aliphatic rings. The highest BCUT2D eigenvalue weighted by Crippen LogP contribution is 2.40. The first-order valence-electron chi connectivity index (χ1n) is 7.90. The van der Waals surface area contributed by atoms with Crippen LogP contribution in [0, 0.1) is 16.0 Å². The molecule has 7 nitrogen and oxygen atoms in total. The maximum Gasteiger partial charge on any atom is 0.310 e. The summed E-state index contributed by atoms with van der Waals surface area (Å²) < 4.78 is 0. The van der Waals surface area contributed by atoms with Crippen molar-refractivity contribution in [3.05, 3.63) is 33.9 Å². The van der Waals surface area contributed by atoms with E-state index in [9.17, 15) is 25.1 Å². The lowest BCUT2D eigenvalue weighted by Gasteiger charge is -2.47. The molecule has 23 heavy (non-hydrogen) atoms. The van der Waals surface area contributed by atoms with Gasteiger partial charge in [0.2, 0.25) is 0 Å². The zero-order valence-corrected chi connectivity index (χ0v) is 12.8. The van der Waals surface area contributed by atoms with Gasteiger partial charge in [-0.25, -0.2) is 0 Å². The number of benzene rings is 1. The minimum atomic E-state index is -0.688. The molecule has 0 unspecified atom stereocenters. The van der Waals surface area contributed by atoms with Gasteiger partial charge >= 0.3 is 5.69 Å². The number of amides is 1. The molecular weight excluding hydrogens is 300 g/mol. The van der Waals surface area contributed by atoms with E-state index in [1.54, 1.807) is 4.90 Å². The van der Waals surface area contributed by atoms with E-state index in [1.807, 2.05) is 0 Å². The number of rotatable bonds is 2. The number of fused-ring (bicyclic) bond motifs is 1. The Hall–Kier alpha value is -2.15. The topological polar surface area (TPSA) is 104 Å². The molecule has 1 saturated heterocycles. The summed E-state index contributed by atoms with van der Waals surface area (Å²) in [7, 11) is 0. The number of hydrogen-bond acceptors (Lipinski definition) is 5. The molecule has 0 bridgehead atoms. The number of nitro benzene ring substituents is 1. The van der Waals surface area contributed by atoms with Crippen LogP contribution in [0.15, 0.2) is 18.2 Å². The Bertz CT molecular complexity index is 647. The van der Waals surface area contributed by atoms with Gasteiger partial charge < -0.3 is 15.1 Å². The smallest absolute Gasteiger partial charge is 0.310 e. The fourth-order valence-corrected chi connectivity index (χ4v) is 3.75. The number of phenolic OH excluding ortho intramolecular Hbond substituents is 1. The second-order valence-electron chi connectivity index (χ2n) is 6.51. The molecule has 1 aliphatic carbocycles. The van der Waals surface area contributed by atoms with Crippen LogP contribution in [0.2, 0.25) is 0 Å². The maximum atomic E-state index is 12.6. The van der Waals surface area contributed by atoms with E-state index >= 15 is 0 Å². The van der Waals surface area contributed by atoms with Gasteiger partial charge in [-0.2, -0.15) is 0 Å². The van der Waals surface area contributed by atoms with Gasteiger partial charge in [0.15, 0.2) is 5.75 Å². The highest BCUT2D eigenvalue weighted by Gasteiger charge is 2.43. The Kier molecular flexibility index (Phi) is 3.97. The number of nitro groups is 1. The standard InChI is InChI=1S/C16H20N2O5/c19-14-9-11(4-5-13(14)18(22)23)15(20)17-8-7-16(21)6-2-1-3-12(16)10-17/h4-5,9,12,19,21H,1-3,6-8,10H2/t12-,16+/m0/s1. The molecule has 0 spiro atoms. The van der Waals surface area contributed by atoms with Gasteiger partial charge in [-0.1, -0.05) is 12.8 Å². The molecule has 0 radical (unpaired) electrons. The second-order valence-corrected chi connectivity index (χ2v) is 6.51. The lowest BCUT2D eigenvalue weighted by molar-refractivity contribution is -0.385. The van der Waals surface area contributed by atoms with Crippen molar-refractivity contribution >= 4 is 11.6 Å². The van der Waals surface area contributed by atoms with Gasteiger partial charge in [0.05, 0.1) is 10.5 Å². The van der Waals surface area contributed by atoms with Crippen LogP contribution in [0.25, 0.3) is 0 Å². The van der Waals surface area contributed by atoms with Gasteiger partial charge in [0, 0.05) is 30.6 Å². The van der Waals surface area contributed by atoms with Crippen LogP contribution in [-0.2, 0) is 0 Å². The minimum absolute atomic E-state index is 0.0839. The van der Waals surface area contributed by atoms with Crippen molar-refractivity contribution < 1.29 is 19.9 Å². The van der Waals surface area contributed by atoms with E-state index in [0.717, 1.165) is 37.8 Å². The van der Waals surface area contributed by atoms with E-state index in [1.165, 1.54) is 6.07 Å². The number of nitrogens with zero attached hydrogens (tertiary/aromatic N) is 2. The van der Waals surface area contributed by atoms with Gasteiger partial charge in [0.25, 0.3) is 5.91 Å². The fraction of sp³-hybridized carbons (Fsp3) is 0.562. The van der Waals surface area contributed by atoms with Gasteiger partial charge in [0.1, 0.15) is 0 Å². The monoisotopic (exact) mass is 320 g/mol. The summed E-state index contributed by atoms with van der Waals surface area (Å²) in [6.07, 6.45) is 4.34. The third-order valence-electron chi connectivity index (χ3n) is 5.13. The number of carbonyl (C=O) groups excluding carboxylic acids is 1. The molecule has 2 atom stereocenters. The van der Waals surface area contributed by atoms with Crippen LogP contribution >= 0.6 is 0 Å². The van der Waals surface area contributed by atoms with Gasteiger partial charge in [-0.05, 0) is 31.4 Å². The Morgan fingerprint density at radius 2 is 2.13 bits per heavy atom. The number of hydrogen-bond donors (Lipinski definition) is 2. The summed E-state index contributed by atoms with van der Waals surface area (Å²) in [5.74, 6) is -0.685. The van der Waals surface area contributed by atoms with Crippen molar-refractivity contribution in [3.63, 3.8) is 0 Å². The summed E-state index contributed by atoms with van der Waals surface area (Å²) in [6, 6.07) is 3.65. The van der Waals surface area contributed by atoms with Crippen molar-refractivity contribution in [1.82, 2.24) is 4.90 Å². The average molecular weight is 320 g/mol. The molecule has 1 amide bonds. The molecule has 1 heterocycles.